The number of aryl methyl sites for hydroxylation is 1. The van der Waals surface area contributed by atoms with Crippen molar-refractivity contribution >= 4 is 11.6 Å². The van der Waals surface area contributed by atoms with E-state index in [1.54, 1.807) is 0 Å². The molecule has 2 nitrogen and oxygen atoms in total. The molecule has 1 aromatic carbocycles. The zero-order chi connectivity index (χ0) is 11.5. The number of benzene rings is 1. The molecule has 0 radical (unpaired) electrons. The summed E-state index contributed by atoms with van der Waals surface area (Å²) in [6.07, 6.45) is 2.35. The van der Waals surface area contributed by atoms with Crippen molar-refractivity contribution in [1.82, 2.24) is 9.97 Å². The molecule has 0 saturated carbocycles. The van der Waals surface area contributed by atoms with E-state index in [2.05, 4.69) is 35.9 Å². The molecule has 0 aliphatic rings. The van der Waals surface area contributed by atoms with Gasteiger partial charge in [0.1, 0.15) is 11.5 Å². The summed E-state index contributed by atoms with van der Waals surface area (Å²) in [7, 11) is 0. The fourth-order valence-corrected chi connectivity index (χ4v) is 2.01. The van der Waals surface area contributed by atoms with E-state index in [0.29, 0.717) is 5.15 Å². The van der Waals surface area contributed by atoms with Gasteiger partial charge in [0.15, 0.2) is 0 Å². The van der Waals surface area contributed by atoms with Crippen LogP contribution in [0.5, 0.6) is 0 Å². The number of hydrogen-bond donors (Lipinski definition) is 0. The summed E-state index contributed by atoms with van der Waals surface area (Å²) in [5.74, 6) is 0. The van der Waals surface area contributed by atoms with Crippen molar-refractivity contribution in [3.8, 4) is 11.3 Å². The van der Waals surface area contributed by atoms with Crippen LogP contribution in [0.2, 0.25) is 5.15 Å². The van der Waals surface area contributed by atoms with Crippen LogP contribution in [-0.2, 0) is 6.42 Å². The maximum Gasteiger partial charge on any atom is 0.136 e. The van der Waals surface area contributed by atoms with Crippen molar-refractivity contribution in [3.05, 3.63) is 46.9 Å². The van der Waals surface area contributed by atoms with Crippen molar-refractivity contribution in [3.63, 3.8) is 0 Å². The average molecular weight is 233 g/mol. The molecule has 16 heavy (non-hydrogen) atoms. The quantitative estimate of drug-likeness (QED) is 0.739. The van der Waals surface area contributed by atoms with Crippen molar-refractivity contribution in [2.45, 2.75) is 20.3 Å². The molecule has 82 valence electrons. The van der Waals surface area contributed by atoms with Crippen molar-refractivity contribution in [1.29, 1.82) is 0 Å². The van der Waals surface area contributed by atoms with Gasteiger partial charge in [0.2, 0.25) is 0 Å². The van der Waals surface area contributed by atoms with Gasteiger partial charge in [-0.05, 0) is 19.4 Å². The highest BCUT2D eigenvalue weighted by atomic mass is 35.5. The predicted octanol–water partition coefficient (Wildman–Crippen LogP) is 3.67. The normalized spacial score (nSPS) is 10.4. The third-order valence-electron chi connectivity index (χ3n) is 2.54. The second-order valence-electron chi connectivity index (χ2n) is 3.71. The lowest BCUT2D eigenvalue weighted by atomic mass is 10.0. The lowest BCUT2D eigenvalue weighted by Crippen LogP contribution is -1.95. The Morgan fingerprint density at radius 2 is 2.06 bits per heavy atom. The Kier molecular flexibility index (Phi) is 3.20. The summed E-state index contributed by atoms with van der Waals surface area (Å²) in [5.41, 5.74) is 4.26. The van der Waals surface area contributed by atoms with E-state index in [9.17, 15) is 0 Å². The van der Waals surface area contributed by atoms with E-state index in [4.69, 9.17) is 11.6 Å². The molecular formula is C13H13ClN2. The maximum absolute atomic E-state index is 6.07. The molecule has 1 aromatic heterocycles. The third-order valence-corrected chi connectivity index (χ3v) is 2.86. The summed E-state index contributed by atoms with van der Waals surface area (Å²) in [6.45, 7) is 4.13. The Bertz CT molecular complexity index is 509. The van der Waals surface area contributed by atoms with E-state index in [1.807, 2.05) is 12.1 Å². The SMILES string of the molecule is CCc1c(Cl)ncnc1-c1cccc(C)c1. The highest BCUT2D eigenvalue weighted by molar-refractivity contribution is 6.30. The van der Waals surface area contributed by atoms with Crippen LogP contribution in [0.15, 0.2) is 30.6 Å². The van der Waals surface area contributed by atoms with Crippen molar-refractivity contribution in [2.24, 2.45) is 0 Å². The van der Waals surface area contributed by atoms with Crippen LogP contribution in [0.3, 0.4) is 0 Å². The molecule has 0 saturated heterocycles. The molecule has 0 aliphatic heterocycles. The lowest BCUT2D eigenvalue weighted by molar-refractivity contribution is 1.05. The lowest BCUT2D eigenvalue weighted by Gasteiger charge is -2.08. The third kappa shape index (κ3) is 2.07. The van der Waals surface area contributed by atoms with Crippen LogP contribution in [0, 0.1) is 6.92 Å². The molecule has 0 N–H and O–H groups in total. The molecule has 0 aliphatic carbocycles. The van der Waals surface area contributed by atoms with Crippen LogP contribution < -0.4 is 0 Å². The summed E-state index contributed by atoms with van der Waals surface area (Å²) in [6, 6.07) is 8.25. The van der Waals surface area contributed by atoms with Crippen LogP contribution in [-0.4, -0.2) is 9.97 Å². The fraction of sp³-hybridized carbons (Fsp3) is 0.231. The number of hydrogen-bond acceptors (Lipinski definition) is 2. The molecule has 0 spiro atoms. The van der Waals surface area contributed by atoms with E-state index in [0.717, 1.165) is 23.2 Å². The monoisotopic (exact) mass is 232 g/mol. The molecule has 0 atom stereocenters. The highest BCUT2D eigenvalue weighted by Gasteiger charge is 2.09. The second-order valence-corrected chi connectivity index (χ2v) is 4.07. The van der Waals surface area contributed by atoms with Gasteiger partial charge in [0, 0.05) is 11.1 Å². The average Bonchev–Trinajstić information content (AvgIpc) is 2.28. The molecule has 0 amide bonds. The second kappa shape index (κ2) is 4.62. The number of nitrogens with zero attached hydrogens (tertiary/aromatic N) is 2. The van der Waals surface area contributed by atoms with E-state index >= 15 is 0 Å². The first-order chi connectivity index (χ1) is 7.72. The first-order valence-corrected chi connectivity index (χ1v) is 5.66. The molecule has 0 bridgehead atoms. The highest BCUT2D eigenvalue weighted by Crippen LogP contribution is 2.26. The van der Waals surface area contributed by atoms with Crippen LogP contribution in [0.1, 0.15) is 18.1 Å². The Balaban J connectivity index is 2.60. The van der Waals surface area contributed by atoms with Gasteiger partial charge in [-0.25, -0.2) is 9.97 Å². The van der Waals surface area contributed by atoms with Gasteiger partial charge < -0.3 is 0 Å². The van der Waals surface area contributed by atoms with E-state index < -0.39 is 0 Å². The molecule has 2 aromatic rings. The molecule has 1 heterocycles. The first-order valence-electron chi connectivity index (χ1n) is 5.28. The molecule has 0 unspecified atom stereocenters. The zero-order valence-electron chi connectivity index (χ0n) is 9.37. The smallest absolute Gasteiger partial charge is 0.136 e. The predicted molar refractivity (Wildman–Crippen MR) is 66.6 cm³/mol. The van der Waals surface area contributed by atoms with Gasteiger partial charge in [-0.2, -0.15) is 0 Å². The first kappa shape index (κ1) is 11.1. The topological polar surface area (TPSA) is 25.8 Å². The Hall–Kier alpha value is -1.41. The molecule has 3 heteroatoms. The Morgan fingerprint density at radius 1 is 1.25 bits per heavy atom. The maximum atomic E-state index is 6.07. The minimum absolute atomic E-state index is 0.550. The van der Waals surface area contributed by atoms with Crippen molar-refractivity contribution in [2.75, 3.05) is 0 Å². The number of aromatic nitrogens is 2. The summed E-state index contributed by atoms with van der Waals surface area (Å²) >= 11 is 6.07. The van der Waals surface area contributed by atoms with Gasteiger partial charge in [-0.15, -0.1) is 0 Å². The minimum Gasteiger partial charge on any atom is -0.236 e. The van der Waals surface area contributed by atoms with E-state index in [-0.39, 0.29) is 0 Å². The van der Waals surface area contributed by atoms with Gasteiger partial charge in [-0.1, -0.05) is 42.3 Å². The fourth-order valence-electron chi connectivity index (χ4n) is 1.75. The van der Waals surface area contributed by atoms with Gasteiger partial charge in [-0.3, -0.25) is 0 Å². The molecular weight excluding hydrogens is 220 g/mol. The summed E-state index contributed by atoms with van der Waals surface area (Å²) < 4.78 is 0. The van der Waals surface area contributed by atoms with Gasteiger partial charge in [0.25, 0.3) is 0 Å². The van der Waals surface area contributed by atoms with E-state index in [1.165, 1.54) is 11.9 Å². The molecule has 0 fully saturated rings. The van der Waals surface area contributed by atoms with Crippen LogP contribution in [0.25, 0.3) is 11.3 Å². The van der Waals surface area contributed by atoms with Crippen LogP contribution in [0.4, 0.5) is 0 Å². The summed E-state index contributed by atoms with van der Waals surface area (Å²) in [5, 5.41) is 0.550. The minimum atomic E-state index is 0.550. The summed E-state index contributed by atoms with van der Waals surface area (Å²) in [4.78, 5) is 8.34. The van der Waals surface area contributed by atoms with Crippen LogP contribution >= 0.6 is 11.6 Å². The molecule has 2 rings (SSSR count). The van der Waals surface area contributed by atoms with Crippen molar-refractivity contribution < 1.29 is 0 Å². The standard InChI is InChI=1S/C13H13ClN2/c1-3-11-12(15-8-16-13(11)14)10-6-4-5-9(2)7-10/h4-8H,3H2,1-2H3. The van der Waals surface area contributed by atoms with Gasteiger partial charge >= 0.3 is 0 Å². The Labute approximate surface area is 100 Å². The Morgan fingerprint density at radius 3 is 2.75 bits per heavy atom. The number of rotatable bonds is 2. The largest absolute Gasteiger partial charge is 0.236 e. The van der Waals surface area contributed by atoms with Gasteiger partial charge in [0.05, 0.1) is 5.69 Å². The number of halogens is 1. The zero-order valence-corrected chi connectivity index (χ0v) is 10.1.